The highest BCUT2D eigenvalue weighted by Gasteiger charge is 2.23. The first-order valence-corrected chi connectivity index (χ1v) is 7.97. The number of carbonyl (C=O) groups excluding carboxylic acids is 1. The van der Waals surface area contributed by atoms with Gasteiger partial charge in [-0.25, -0.2) is 0 Å². The van der Waals surface area contributed by atoms with Gasteiger partial charge in [0.2, 0.25) is 0 Å². The number of H-pyrrole nitrogens is 1. The molecule has 0 spiro atoms. The number of piperidine rings is 1. The summed E-state index contributed by atoms with van der Waals surface area (Å²) in [6, 6.07) is 0.590. The lowest BCUT2D eigenvalue weighted by molar-refractivity contribution is -0.139. The maximum atomic E-state index is 11.6. The van der Waals surface area contributed by atoms with Crippen LogP contribution in [0.4, 0.5) is 0 Å². The minimum atomic E-state index is -0.314. The predicted molar refractivity (Wildman–Crippen MR) is 79.0 cm³/mol. The van der Waals surface area contributed by atoms with Crippen LogP contribution < -0.4 is 4.87 Å². The van der Waals surface area contributed by atoms with E-state index in [2.05, 4.69) is 21.5 Å². The number of thiazole rings is 1. The normalized spacial score (nSPS) is 20.0. The minimum Gasteiger partial charge on any atom is -0.469 e. The Hall–Kier alpha value is -1.14. The van der Waals surface area contributed by atoms with E-state index in [1.165, 1.54) is 37.7 Å². The zero-order valence-corrected chi connectivity index (χ0v) is 12.9. The number of rotatable bonds is 5. The average Bonchev–Trinajstić information content (AvgIpc) is 2.79. The molecule has 1 aromatic heterocycles. The standard InChI is InChI=1S/C14H22N2O3S/c1-3-10-6-4-5-7-16(10)9-12-11(8-13(17)19-2)15-14(18)20-12/h10H,3-9H2,1-2H3,(H,15,18). The van der Waals surface area contributed by atoms with Crippen molar-refractivity contribution >= 4 is 17.3 Å². The van der Waals surface area contributed by atoms with Crippen LogP contribution in [0.2, 0.25) is 0 Å². The molecule has 0 saturated carbocycles. The molecule has 6 heteroatoms. The topological polar surface area (TPSA) is 62.4 Å². The summed E-state index contributed by atoms with van der Waals surface area (Å²) in [6.45, 7) is 4.04. The summed E-state index contributed by atoms with van der Waals surface area (Å²) in [6.07, 6.45) is 5.00. The molecule has 112 valence electrons. The third-order valence-corrected chi connectivity index (χ3v) is 4.83. The maximum Gasteiger partial charge on any atom is 0.311 e. The molecule has 1 atom stereocenters. The molecule has 2 rings (SSSR count). The second kappa shape index (κ2) is 7.04. The Bertz CT molecular complexity index is 509. The number of hydrogen-bond donors (Lipinski definition) is 1. The van der Waals surface area contributed by atoms with Crippen molar-refractivity contribution in [3.05, 3.63) is 20.2 Å². The van der Waals surface area contributed by atoms with Gasteiger partial charge in [0.15, 0.2) is 0 Å². The van der Waals surface area contributed by atoms with E-state index in [9.17, 15) is 9.59 Å². The molecule has 1 fully saturated rings. The van der Waals surface area contributed by atoms with Gasteiger partial charge in [-0.3, -0.25) is 14.5 Å². The van der Waals surface area contributed by atoms with Gasteiger partial charge in [0.25, 0.3) is 0 Å². The number of carbonyl (C=O) groups is 1. The fourth-order valence-electron chi connectivity index (χ4n) is 2.79. The highest BCUT2D eigenvalue weighted by Crippen LogP contribution is 2.23. The molecule has 1 N–H and O–H groups in total. The summed E-state index contributed by atoms with van der Waals surface area (Å²) in [5, 5.41) is 0. The number of methoxy groups -OCH3 is 1. The molecule has 1 aliphatic heterocycles. The van der Waals surface area contributed by atoms with Crippen molar-refractivity contribution in [1.82, 2.24) is 9.88 Å². The lowest BCUT2D eigenvalue weighted by atomic mass is 10.00. The summed E-state index contributed by atoms with van der Waals surface area (Å²) in [4.78, 5) is 29.0. The fraction of sp³-hybridized carbons (Fsp3) is 0.714. The Kier molecular flexibility index (Phi) is 5.37. The number of likely N-dealkylation sites (tertiary alicyclic amines) is 1. The monoisotopic (exact) mass is 298 g/mol. The van der Waals surface area contributed by atoms with Gasteiger partial charge in [0.1, 0.15) is 0 Å². The van der Waals surface area contributed by atoms with Crippen molar-refractivity contribution in [2.75, 3.05) is 13.7 Å². The van der Waals surface area contributed by atoms with Crippen molar-refractivity contribution in [2.24, 2.45) is 0 Å². The SMILES string of the molecule is CCC1CCCCN1Cc1sc(=O)[nH]c1CC(=O)OC. The molecule has 1 aromatic rings. The Balaban J connectivity index is 2.11. The summed E-state index contributed by atoms with van der Waals surface area (Å²) in [5.41, 5.74) is 0.715. The summed E-state index contributed by atoms with van der Waals surface area (Å²) in [5.74, 6) is -0.314. The van der Waals surface area contributed by atoms with Crippen LogP contribution in [0.15, 0.2) is 4.79 Å². The van der Waals surface area contributed by atoms with Crippen LogP contribution in [0.1, 0.15) is 43.2 Å². The Morgan fingerprint density at radius 3 is 3.00 bits per heavy atom. The zero-order chi connectivity index (χ0) is 14.5. The molecule has 1 saturated heterocycles. The molecule has 20 heavy (non-hydrogen) atoms. The number of aromatic nitrogens is 1. The van der Waals surface area contributed by atoms with E-state index >= 15 is 0 Å². The van der Waals surface area contributed by atoms with Crippen molar-refractivity contribution < 1.29 is 9.53 Å². The summed E-state index contributed by atoms with van der Waals surface area (Å²) >= 11 is 1.21. The molecule has 5 nitrogen and oxygen atoms in total. The highest BCUT2D eigenvalue weighted by molar-refractivity contribution is 7.09. The first-order chi connectivity index (χ1) is 9.63. The number of hydrogen-bond acceptors (Lipinski definition) is 5. The van der Waals surface area contributed by atoms with Gasteiger partial charge in [-0.15, -0.1) is 0 Å². The van der Waals surface area contributed by atoms with Gasteiger partial charge in [0.05, 0.1) is 13.5 Å². The van der Waals surface area contributed by atoms with Crippen LogP contribution >= 0.6 is 11.3 Å². The molecular weight excluding hydrogens is 276 g/mol. The number of nitrogens with one attached hydrogen (secondary N) is 1. The number of nitrogens with zero attached hydrogens (tertiary/aromatic N) is 1. The van der Waals surface area contributed by atoms with E-state index in [4.69, 9.17) is 0 Å². The largest absolute Gasteiger partial charge is 0.469 e. The Labute approximate surface area is 122 Å². The van der Waals surface area contributed by atoms with E-state index in [1.54, 1.807) is 0 Å². The van der Waals surface area contributed by atoms with E-state index in [1.807, 2.05) is 0 Å². The second-order valence-corrected chi connectivity index (χ2v) is 6.27. The number of esters is 1. The van der Waals surface area contributed by atoms with E-state index < -0.39 is 0 Å². The number of ether oxygens (including phenoxy) is 1. The Morgan fingerprint density at radius 2 is 2.30 bits per heavy atom. The zero-order valence-electron chi connectivity index (χ0n) is 12.1. The maximum absolute atomic E-state index is 11.6. The molecule has 0 aromatic carbocycles. The van der Waals surface area contributed by atoms with Crippen LogP contribution in [0.25, 0.3) is 0 Å². The number of aromatic amines is 1. The minimum absolute atomic E-state index is 0.0936. The third kappa shape index (κ3) is 3.70. The average molecular weight is 298 g/mol. The van der Waals surface area contributed by atoms with Crippen molar-refractivity contribution in [3.63, 3.8) is 0 Å². The van der Waals surface area contributed by atoms with Crippen molar-refractivity contribution in [1.29, 1.82) is 0 Å². The second-order valence-electron chi connectivity index (χ2n) is 5.20. The summed E-state index contributed by atoms with van der Waals surface area (Å²) in [7, 11) is 1.37. The van der Waals surface area contributed by atoms with E-state index in [0.717, 1.165) is 24.4 Å². The first kappa shape index (κ1) is 15.3. The van der Waals surface area contributed by atoms with Gasteiger partial charge in [0, 0.05) is 23.2 Å². The van der Waals surface area contributed by atoms with Crippen LogP contribution in [0.5, 0.6) is 0 Å². The lowest BCUT2D eigenvalue weighted by Crippen LogP contribution is -2.38. The molecular formula is C14H22N2O3S. The van der Waals surface area contributed by atoms with Gasteiger partial charge >= 0.3 is 10.8 Å². The molecule has 0 amide bonds. The fourth-order valence-corrected chi connectivity index (χ4v) is 3.67. The lowest BCUT2D eigenvalue weighted by Gasteiger charge is -2.34. The molecule has 0 bridgehead atoms. The molecule has 0 radical (unpaired) electrons. The van der Waals surface area contributed by atoms with Crippen LogP contribution in [0.3, 0.4) is 0 Å². The molecule has 1 unspecified atom stereocenters. The highest BCUT2D eigenvalue weighted by atomic mass is 32.1. The van der Waals surface area contributed by atoms with E-state index in [0.29, 0.717) is 11.7 Å². The quantitative estimate of drug-likeness (QED) is 0.844. The van der Waals surface area contributed by atoms with Gasteiger partial charge in [-0.1, -0.05) is 24.7 Å². The van der Waals surface area contributed by atoms with Gasteiger partial charge in [-0.2, -0.15) is 0 Å². The van der Waals surface area contributed by atoms with Crippen molar-refractivity contribution in [2.45, 2.75) is 51.6 Å². The van der Waals surface area contributed by atoms with Gasteiger partial charge in [-0.05, 0) is 25.8 Å². The van der Waals surface area contributed by atoms with Crippen molar-refractivity contribution in [3.8, 4) is 0 Å². The van der Waals surface area contributed by atoms with Gasteiger partial charge < -0.3 is 9.72 Å². The third-order valence-electron chi connectivity index (χ3n) is 3.92. The van der Waals surface area contributed by atoms with Crippen LogP contribution in [-0.2, 0) is 22.5 Å². The smallest absolute Gasteiger partial charge is 0.311 e. The molecule has 1 aliphatic rings. The molecule has 2 heterocycles. The van der Waals surface area contributed by atoms with E-state index in [-0.39, 0.29) is 17.3 Å². The summed E-state index contributed by atoms with van der Waals surface area (Å²) < 4.78 is 4.68. The molecule has 0 aliphatic carbocycles. The van der Waals surface area contributed by atoms with Crippen LogP contribution in [-0.4, -0.2) is 35.5 Å². The van der Waals surface area contributed by atoms with Crippen LogP contribution in [0, 0.1) is 0 Å². The predicted octanol–water partition coefficient (Wildman–Crippen LogP) is 1.92. The Morgan fingerprint density at radius 1 is 1.50 bits per heavy atom. The first-order valence-electron chi connectivity index (χ1n) is 7.15.